The van der Waals surface area contributed by atoms with E-state index in [4.69, 9.17) is 5.73 Å². The van der Waals surface area contributed by atoms with Gasteiger partial charge in [0.1, 0.15) is 9.84 Å². The number of hydrogen-bond acceptors (Lipinski definition) is 4. The lowest BCUT2D eigenvalue weighted by Crippen LogP contribution is -2.25. The second-order valence-electron chi connectivity index (χ2n) is 4.53. The number of carbonyl (C=O) groups is 1. The standard InChI is InChI=1S/C12H18N2O3S/c1-8-6-10(12(13)15)4-5-11(8)14-9(2)7-18(3,16)17/h4-6,9,14H,7H2,1-3H3,(H2,13,15). The Labute approximate surface area is 107 Å². The van der Waals surface area contributed by atoms with E-state index in [0.29, 0.717) is 5.56 Å². The van der Waals surface area contributed by atoms with Gasteiger partial charge in [0.05, 0.1) is 5.75 Å². The number of nitrogens with one attached hydrogen (secondary N) is 1. The maximum Gasteiger partial charge on any atom is 0.248 e. The van der Waals surface area contributed by atoms with Gasteiger partial charge in [0.2, 0.25) is 5.91 Å². The van der Waals surface area contributed by atoms with Crippen molar-refractivity contribution in [2.45, 2.75) is 19.9 Å². The van der Waals surface area contributed by atoms with Crippen LogP contribution in [0.1, 0.15) is 22.8 Å². The molecule has 3 N–H and O–H groups in total. The number of primary amides is 1. The molecule has 100 valence electrons. The number of aryl methyl sites for hydroxylation is 1. The number of amides is 1. The van der Waals surface area contributed by atoms with Crippen molar-refractivity contribution in [3.8, 4) is 0 Å². The zero-order chi connectivity index (χ0) is 13.9. The van der Waals surface area contributed by atoms with Crippen LogP contribution in [0.4, 0.5) is 5.69 Å². The van der Waals surface area contributed by atoms with E-state index in [1.807, 2.05) is 6.92 Å². The second kappa shape index (κ2) is 5.39. The molecule has 0 bridgehead atoms. The molecule has 18 heavy (non-hydrogen) atoms. The maximum atomic E-state index is 11.2. The average Bonchev–Trinajstić information content (AvgIpc) is 2.17. The van der Waals surface area contributed by atoms with Crippen molar-refractivity contribution in [2.75, 3.05) is 17.3 Å². The van der Waals surface area contributed by atoms with Crippen LogP contribution in [-0.2, 0) is 9.84 Å². The van der Waals surface area contributed by atoms with Gasteiger partial charge >= 0.3 is 0 Å². The van der Waals surface area contributed by atoms with Crippen LogP contribution in [0.15, 0.2) is 18.2 Å². The van der Waals surface area contributed by atoms with Crippen LogP contribution in [0.5, 0.6) is 0 Å². The molecule has 1 amide bonds. The number of carbonyl (C=O) groups excluding carboxylic acids is 1. The normalized spacial score (nSPS) is 13.1. The van der Waals surface area contributed by atoms with Crippen molar-refractivity contribution >= 4 is 21.4 Å². The van der Waals surface area contributed by atoms with Crippen molar-refractivity contribution in [1.82, 2.24) is 0 Å². The highest BCUT2D eigenvalue weighted by Crippen LogP contribution is 2.17. The molecule has 1 aromatic rings. The lowest BCUT2D eigenvalue weighted by atomic mass is 10.1. The summed E-state index contributed by atoms with van der Waals surface area (Å²) < 4.78 is 22.3. The fourth-order valence-electron chi connectivity index (χ4n) is 1.74. The van der Waals surface area contributed by atoms with E-state index in [1.54, 1.807) is 25.1 Å². The lowest BCUT2D eigenvalue weighted by molar-refractivity contribution is 0.1000. The molecule has 0 fully saturated rings. The quantitative estimate of drug-likeness (QED) is 0.833. The Hall–Kier alpha value is -1.56. The summed E-state index contributed by atoms with van der Waals surface area (Å²) in [7, 11) is -3.01. The maximum absolute atomic E-state index is 11.2. The first-order valence-corrected chi connectivity index (χ1v) is 7.60. The molecule has 1 aromatic carbocycles. The molecule has 0 spiro atoms. The molecule has 1 unspecified atom stereocenters. The molecular weight excluding hydrogens is 252 g/mol. The van der Waals surface area contributed by atoms with Gasteiger partial charge in [-0.05, 0) is 37.6 Å². The monoisotopic (exact) mass is 270 g/mol. The van der Waals surface area contributed by atoms with Crippen molar-refractivity contribution in [3.05, 3.63) is 29.3 Å². The number of hydrogen-bond donors (Lipinski definition) is 2. The molecule has 0 aliphatic rings. The number of nitrogens with two attached hydrogens (primary N) is 1. The first-order valence-electron chi connectivity index (χ1n) is 5.54. The summed E-state index contributed by atoms with van der Waals surface area (Å²) in [6.07, 6.45) is 1.20. The summed E-state index contributed by atoms with van der Waals surface area (Å²) in [5.74, 6) is -0.418. The topological polar surface area (TPSA) is 89.3 Å². The fraction of sp³-hybridized carbons (Fsp3) is 0.417. The number of benzene rings is 1. The van der Waals surface area contributed by atoms with Gasteiger partial charge in [-0.2, -0.15) is 0 Å². The molecule has 0 aliphatic heterocycles. The van der Waals surface area contributed by atoms with Crippen LogP contribution in [0.2, 0.25) is 0 Å². The van der Waals surface area contributed by atoms with Gasteiger partial charge < -0.3 is 11.1 Å². The zero-order valence-electron chi connectivity index (χ0n) is 10.7. The third kappa shape index (κ3) is 4.37. The van der Waals surface area contributed by atoms with Gasteiger partial charge in [-0.3, -0.25) is 4.79 Å². The molecule has 5 nitrogen and oxygen atoms in total. The van der Waals surface area contributed by atoms with Gasteiger partial charge in [-0.25, -0.2) is 8.42 Å². The van der Waals surface area contributed by atoms with E-state index in [0.717, 1.165) is 11.3 Å². The minimum atomic E-state index is -3.01. The third-order valence-corrected chi connectivity index (χ3v) is 3.57. The van der Waals surface area contributed by atoms with Crippen LogP contribution < -0.4 is 11.1 Å². The Kier molecular flexibility index (Phi) is 4.34. The number of sulfone groups is 1. The summed E-state index contributed by atoms with van der Waals surface area (Å²) >= 11 is 0. The Morgan fingerprint density at radius 2 is 2.06 bits per heavy atom. The molecule has 1 atom stereocenters. The van der Waals surface area contributed by atoms with Crippen LogP contribution in [0.3, 0.4) is 0 Å². The molecule has 6 heteroatoms. The molecule has 1 rings (SSSR count). The van der Waals surface area contributed by atoms with E-state index in [1.165, 1.54) is 6.26 Å². The van der Waals surface area contributed by atoms with Crippen LogP contribution in [-0.4, -0.2) is 32.4 Å². The fourth-order valence-corrected chi connectivity index (χ4v) is 2.73. The third-order valence-electron chi connectivity index (χ3n) is 2.47. The Bertz CT molecular complexity index is 552. The highest BCUT2D eigenvalue weighted by Gasteiger charge is 2.11. The minimum Gasteiger partial charge on any atom is -0.381 e. The largest absolute Gasteiger partial charge is 0.381 e. The predicted octanol–water partition coefficient (Wildman–Crippen LogP) is 0.939. The van der Waals surface area contributed by atoms with Crippen LogP contribution in [0.25, 0.3) is 0 Å². The van der Waals surface area contributed by atoms with Gasteiger partial charge in [-0.15, -0.1) is 0 Å². The Balaban J connectivity index is 2.83. The number of anilines is 1. The molecular formula is C12H18N2O3S. The number of rotatable bonds is 5. The first kappa shape index (κ1) is 14.5. The van der Waals surface area contributed by atoms with E-state index in [-0.39, 0.29) is 11.8 Å². The molecule has 0 radical (unpaired) electrons. The van der Waals surface area contributed by atoms with E-state index < -0.39 is 15.7 Å². The van der Waals surface area contributed by atoms with E-state index in [9.17, 15) is 13.2 Å². The van der Waals surface area contributed by atoms with E-state index >= 15 is 0 Å². The summed E-state index contributed by atoms with van der Waals surface area (Å²) in [5.41, 5.74) is 7.27. The van der Waals surface area contributed by atoms with Gasteiger partial charge in [0, 0.05) is 23.5 Å². The molecule has 0 saturated carbocycles. The Morgan fingerprint density at radius 1 is 1.44 bits per heavy atom. The van der Waals surface area contributed by atoms with Crippen molar-refractivity contribution in [3.63, 3.8) is 0 Å². The molecule has 0 heterocycles. The lowest BCUT2D eigenvalue weighted by Gasteiger charge is -2.16. The minimum absolute atomic E-state index is 0.0595. The second-order valence-corrected chi connectivity index (χ2v) is 6.72. The predicted molar refractivity (Wildman–Crippen MR) is 72.5 cm³/mol. The summed E-state index contributed by atoms with van der Waals surface area (Å²) in [6.45, 7) is 3.63. The smallest absolute Gasteiger partial charge is 0.248 e. The molecule has 0 aromatic heterocycles. The van der Waals surface area contributed by atoms with Crippen LogP contribution >= 0.6 is 0 Å². The van der Waals surface area contributed by atoms with Gasteiger partial charge in [0.15, 0.2) is 0 Å². The summed E-state index contributed by atoms with van der Waals surface area (Å²) in [6, 6.07) is 4.83. The first-order chi connectivity index (χ1) is 8.19. The molecule has 0 saturated heterocycles. The average molecular weight is 270 g/mol. The van der Waals surface area contributed by atoms with E-state index in [2.05, 4.69) is 5.32 Å². The van der Waals surface area contributed by atoms with Crippen molar-refractivity contribution in [1.29, 1.82) is 0 Å². The highest BCUT2D eigenvalue weighted by atomic mass is 32.2. The summed E-state index contributed by atoms with van der Waals surface area (Å²) in [4.78, 5) is 11.0. The van der Waals surface area contributed by atoms with Crippen LogP contribution in [0, 0.1) is 6.92 Å². The Morgan fingerprint density at radius 3 is 2.50 bits per heavy atom. The highest BCUT2D eigenvalue weighted by molar-refractivity contribution is 7.90. The van der Waals surface area contributed by atoms with Crippen molar-refractivity contribution < 1.29 is 13.2 Å². The van der Waals surface area contributed by atoms with Crippen molar-refractivity contribution in [2.24, 2.45) is 5.73 Å². The summed E-state index contributed by atoms with van der Waals surface area (Å²) in [5, 5.41) is 3.10. The SMILES string of the molecule is Cc1cc(C(N)=O)ccc1NC(C)CS(C)(=O)=O. The zero-order valence-corrected chi connectivity index (χ0v) is 11.5. The van der Waals surface area contributed by atoms with Gasteiger partial charge in [-0.1, -0.05) is 0 Å². The molecule has 0 aliphatic carbocycles. The van der Waals surface area contributed by atoms with Gasteiger partial charge in [0.25, 0.3) is 0 Å².